The number of hydrogen-bond acceptors (Lipinski definition) is 4. The number of carbonyl (C=O) groups is 2. The molecule has 0 unspecified atom stereocenters. The Labute approximate surface area is 120 Å². The van der Waals surface area contributed by atoms with Gasteiger partial charge in [0.2, 0.25) is 0 Å². The van der Waals surface area contributed by atoms with Crippen LogP contribution in [-0.4, -0.2) is 27.2 Å². The first-order chi connectivity index (χ1) is 9.88. The van der Waals surface area contributed by atoms with Gasteiger partial charge >= 0.3 is 5.97 Å². The van der Waals surface area contributed by atoms with E-state index in [1.165, 1.54) is 24.3 Å². The summed E-state index contributed by atoms with van der Waals surface area (Å²) in [7, 11) is 0. The van der Waals surface area contributed by atoms with Gasteiger partial charge in [-0.25, -0.2) is 4.79 Å². The quantitative estimate of drug-likeness (QED) is 0.648. The lowest BCUT2D eigenvalue weighted by Gasteiger charge is -2.10. The van der Waals surface area contributed by atoms with Gasteiger partial charge in [-0.3, -0.25) is 4.79 Å². The van der Waals surface area contributed by atoms with Crippen LogP contribution in [0.5, 0.6) is 11.5 Å². The van der Waals surface area contributed by atoms with Gasteiger partial charge < -0.3 is 20.6 Å². The largest absolute Gasteiger partial charge is 0.507 e. The molecule has 0 fully saturated rings. The van der Waals surface area contributed by atoms with E-state index in [1.807, 2.05) is 0 Å². The van der Waals surface area contributed by atoms with E-state index in [2.05, 4.69) is 5.32 Å². The van der Waals surface area contributed by atoms with Crippen molar-refractivity contribution in [3.63, 3.8) is 0 Å². The molecule has 1 amide bonds. The van der Waals surface area contributed by atoms with E-state index in [1.54, 1.807) is 13.0 Å². The predicted molar refractivity (Wildman–Crippen MR) is 75.9 cm³/mol. The lowest BCUT2D eigenvalue weighted by molar-refractivity contribution is 0.0696. The van der Waals surface area contributed by atoms with E-state index in [4.69, 9.17) is 5.11 Å². The fourth-order valence-corrected chi connectivity index (χ4v) is 1.79. The molecule has 0 saturated carbocycles. The standard InChI is InChI=1S/C15H13NO5/c1-8-2-4-12(17)10(6-8)14(19)16-11-7-9(15(20)21)3-5-13(11)18/h2-7,17-18H,1H3,(H,16,19)(H,20,21). The van der Waals surface area contributed by atoms with E-state index >= 15 is 0 Å². The summed E-state index contributed by atoms with van der Waals surface area (Å²) in [5.41, 5.74) is 0.703. The number of nitrogens with one attached hydrogen (secondary N) is 1. The SMILES string of the molecule is Cc1ccc(O)c(C(=O)Nc2cc(C(=O)O)ccc2O)c1. The second-order valence-corrected chi connectivity index (χ2v) is 4.51. The second kappa shape index (κ2) is 5.54. The van der Waals surface area contributed by atoms with Crippen LogP contribution in [0.4, 0.5) is 5.69 Å². The Morgan fingerprint density at radius 3 is 2.33 bits per heavy atom. The van der Waals surface area contributed by atoms with Gasteiger partial charge in [0.1, 0.15) is 11.5 Å². The number of benzene rings is 2. The summed E-state index contributed by atoms with van der Waals surface area (Å²) in [4.78, 5) is 23.0. The molecule has 108 valence electrons. The number of carboxylic acids is 1. The van der Waals surface area contributed by atoms with Crippen molar-refractivity contribution in [1.82, 2.24) is 0 Å². The first-order valence-corrected chi connectivity index (χ1v) is 6.06. The van der Waals surface area contributed by atoms with Crippen molar-refractivity contribution in [3.05, 3.63) is 53.1 Å². The van der Waals surface area contributed by atoms with Gasteiger partial charge in [-0.2, -0.15) is 0 Å². The van der Waals surface area contributed by atoms with Crippen LogP contribution >= 0.6 is 0 Å². The fraction of sp³-hybridized carbons (Fsp3) is 0.0667. The summed E-state index contributed by atoms with van der Waals surface area (Å²) in [6.45, 7) is 1.76. The van der Waals surface area contributed by atoms with Crippen molar-refractivity contribution in [3.8, 4) is 11.5 Å². The normalized spacial score (nSPS) is 10.1. The highest BCUT2D eigenvalue weighted by Gasteiger charge is 2.15. The van der Waals surface area contributed by atoms with Crippen molar-refractivity contribution in [1.29, 1.82) is 0 Å². The molecule has 0 spiro atoms. The maximum Gasteiger partial charge on any atom is 0.335 e. The minimum Gasteiger partial charge on any atom is -0.507 e. The number of aryl methyl sites for hydroxylation is 1. The second-order valence-electron chi connectivity index (χ2n) is 4.51. The van der Waals surface area contributed by atoms with Crippen LogP contribution in [0.3, 0.4) is 0 Å². The zero-order chi connectivity index (χ0) is 15.6. The molecule has 6 nitrogen and oxygen atoms in total. The summed E-state index contributed by atoms with van der Waals surface area (Å²) in [6.07, 6.45) is 0. The zero-order valence-electron chi connectivity index (χ0n) is 11.1. The average molecular weight is 287 g/mol. The van der Waals surface area contributed by atoms with Crippen LogP contribution in [0.1, 0.15) is 26.3 Å². The number of amides is 1. The number of anilines is 1. The summed E-state index contributed by atoms with van der Waals surface area (Å²) in [6, 6.07) is 8.06. The molecular formula is C15H13NO5. The molecule has 0 radical (unpaired) electrons. The molecule has 0 aliphatic heterocycles. The van der Waals surface area contributed by atoms with Crippen LogP contribution in [0.2, 0.25) is 0 Å². The van der Waals surface area contributed by atoms with E-state index in [0.717, 1.165) is 11.6 Å². The van der Waals surface area contributed by atoms with Crippen LogP contribution in [-0.2, 0) is 0 Å². The molecule has 0 bridgehead atoms. The van der Waals surface area contributed by atoms with Gasteiger partial charge in [-0.15, -0.1) is 0 Å². The van der Waals surface area contributed by atoms with Crippen molar-refractivity contribution < 1.29 is 24.9 Å². The number of carboxylic acid groups (broad SMARTS) is 1. The van der Waals surface area contributed by atoms with Crippen LogP contribution < -0.4 is 5.32 Å². The number of hydrogen-bond donors (Lipinski definition) is 4. The number of phenols is 2. The Hall–Kier alpha value is -3.02. The number of aromatic carboxylic acids is 1. The Kier molecular flexibility index (Phi) is 3.80. The zero-order valence-corrected chi connectivity index (χ0v) is 11.1. The van der Waals surface area contributed by atoms with Gasteiger partial charge in [0, 0.05) is 0 Å². The Bertz CT molecular complexity index is 724. The fourth-order valence-electron chi connectivity index (χ4n) is 1.79. The van der Waals surface area contributed by atoms with Crippen molar-refractivity contribution in [2.75, 3.05) is 5.32 Å². The Morgan fingerprint density at radius 2 is 1.67 bits per heavy atom. The molecule has 2 aromatic rings. The van der Waals surface area contributed by atoms with E-state index in [0.29, 0.717) is 0 Å². The van der Waals surface area contributed by atoms with E-state index in [-0.39, 0.29) is 28.3 Å². The minimum atomic E-state index is -1.18. The maximum atomic E-state index is 12.1. The third kappa shape index (κ3) is 3.11. The summed E-state index contributed by atoms with van der Waals surface area (Å²) < 4.78 is 0. The van der Waals surface area contributed by atoms with Gasteiger partial charge in [0.25, 0.3) is 5.91 Å². The summed E-state index contributed by atoms with van der Waals surface area (Å²) in [5.74, 6) is -2.29. The van der Waals surface area contributed by atoms with Crippen LogP contribution in [0.25, 0.3) is 0 Å². The third-order valence-corrected chi connectivity index (χ3v) is 2.89. The van der Waals surface area contributed by atoms with Gasteiger partial charge in [-0.05, 0) is 37.3 Å². The van der Waals surface area contributed by atoms with Gasteiger partial charge in [0.15, 0.2) is 0 Å². The molecule has 2 aromatic carbocycles. The number of carbonyl (C=O) groups excluding carboxylic acids is 1. The average Bonchev–Trinajstić information content (AvgIpc) is 2.43. The predicted octanol–water partition coefficient (Wildman–Crippen LogP) is 2.36. The van der Waals surface area contributed by atoms with Gasteiger partial charge in [-0.1, -0.05) is 11.6 Å². The molecule has 21 heavy (non-hydrogen) atoms. The highest BCUT2D eigenvalue weighted by atomic mass is 16.4. The summed E-state index contributed by atoms with van der Waals surface area (Å²) in [5, 5.41) is 30.6. The topological polar surface area (TPSA) is 107 Å². The van der Waals surface area contributed by atoms with Crippen molar-refractivity contribution in [2.24, 2.45) is 0 Å². The molecule has 2 rings (SSSR count). The smallest absolute Gasteiger partial charge is 0.335 e. The lowest BCUT2D eigenvalue weighted by Crippen LogP contribution is -2.13. The minimum absolute atomic E-state index is 0.0372. The molecule has 6 heteroatoms. The molecule has 0 aliphatic carbocycles. The Balaban J connectivity index is 2.33. The monoisotopic (exact) mass is 287 g/mol. The molecule has 0 atom stereocenters. The number of phenolic OH excluding ortho intramolecular Hbond substituents is 2. The third-order valence-electron chi connectivity index (χ3n) is 2.89. The van der Waals surface area contributed by atoms with E-state index < -0.39 is 11.9 Å². The van der Waals surface area contributed by atoms with Crippen LogP contribution in [0.15, 0.2) is 36.4 Å². The summed E-state index contributed by atoms with van der Waals surface area (Å²) >= 11 is 0. The van der Waals surface area contributed by atoms with Crippen molar-refractivity contribution in [2.45, 2.75) is 6.92 Å². The molecule has 4 N–H and O–H groups in total. The Morgan fingerprint density at radius 1 is 1.00 bits per heavy atom. The van der Waals surface area contributed by atoms with Gasteiger partial charge in [0.05, 0.1) is 16.8 Å². The van der Waals surface area contributed by atoms with Crippen LogP contribution in [0, 0.1) is 6.92 Å². The van der Waals surface area contributed by atoms with Crippen molar-refractivity contribution >= 4 is 17.6 Å². The molecule has 0 saturated heterocycles. The maximum absolute atomic E-state index is 12.1. The molecule has 0 aliphatic rings. The molecule has 0 aromatic heterocycles. The highest BCUT2D eigenvalue weighted by Crippen LogP contribution is 2.26. The molecular weight excluding hydrogens is 274 g/mol. The number of aromatic hydroxyl groups is 2. The first kappa shape index (κ1) is 14.4. The molecule has 0 heterocycles. The van der Waals surface area contributed by atoms with E-state index in [9.17, 15) is 19.8 Å². The lowest BCUT2D eigenvalue weighted by atomic mass is 10.1. The first-order valence-electron chi connectivity index (χ1n) is 6.06. The highest BCUT2D eigenvalue weighted by molar-refractivity contribution is 6.07. The number of rotatable bonds is 3.